The maximum absolute atomic E-state index is 10.6. The predicted molar refractivity (Wildman–Crippen MR) is 63.9 cm³/mol. The summed E-state index contributed by atoms with van der Waals surface area (Å²) in [5.74, 6) is -0.0186. The number of hydrogen-bond acceptors (Lipinski definition) is 2. The lowest BCUT2D eigenvalue weighted by molar-refractivity contribution is -0.118. The van der Waals surface area contributed by atoms with Gasteiger partial charge in [-0.2, -0.15) is 0 Å². The highest BCUT2D eigenvalue weighted by Gasteiger charge is 1.95. The van der Waals surface area contributed by atoms with E-state index >= 15 is 0 Å². The Morgan fingerprint density at radius 3 is 3.12 bits per heavy atom. The Bertz CT molecular complexity index is 525. The number of carbonyl (C=O) groups excluding carboxylic acids is 1. The minimum absolute atomic E-state index is 0.0186. The van der Waals surface area contributed by atoms with E-state index in [-0.39, 0.29) is 5.91 Å². The van der Waals surface area contributed by atoms with E-state index < -0.39 is 0 Å². The minimum atomic E-state index is -0.0186. The number of hydrogen-bond donors (Lipinski definition) is 1. The molecule has 2 aromatic rings. The molecule has 1 aromatic heterocycles. The molecular weight excluding hydrogens is 202 g/mol. The monoisotopic (exact) mass is 215 g/mol. The van der Waals surface area contributed by atoms with E-state index in [1.807, 2.05) is 36.4 Å². The van der Waals surface area contributed by atoms with Crippen LogP contribution >= 0.6 is 0 Å². The Balaban J connectivity index is 2.06. The summed E-state index contributed by atoms with van der Waals surface area (Å²) in [6.45, 7) is 2.06. The number of nitrogens with one attached hydrogen (secondary N) is 1. The molecule has 1 N–H and O–H groups in total. The zero-order valence-corrected chi connectivity index (χ0v) is 9.07. The molecule has 1 amide bonds. The SMILES string of the molecule is CC(=O)NCC=Cc1ccc2occc2c1. The lowest BCUT2D eigenvalue weighted by atomic mass is 10.1. The van der Waals surface area contributed by atoms with Crippen molar-refractivity contribution in [3.63, 3.8) is 0 Å². The standard InChI is InChI=1S/C13H13NO2/c1-10(15)14-7-2-3-11-4-5-13-12(9-11)6-8-16-13/h2-6,8-9H,7H2,1H3,(H,14,15). The first-order valence-corrected chi connectivity index (χ1v) is 5.14. The Morgan fingerprint density at radius 2 is 2.31 bits per heavy atom. The summed E-state index contributed by atoms with van der Waals surface area (Å²) in [4.78, 5) is 10.6. The fraction of sp³-hybridized carbons (Fsp3) is 0.154. The van der Waals surface area contributed by atoms with Gasteiger partial charge in [-0.25, -0.2) is 0 Å². The fourth-order valence-electron chi connectivity index (χ4n) is 1.49. The molecule has 3 heteroatoms. The van der Waals surface area contributed by atoms with Crippen molar-refractivity contribution >= 4 is 23.0 Å². The minimum Gasteiger partial charge on any atom is -0.464 e. The smallest absolute Gasteiger partial charge is 0.217 e. The van der Waals surface area contributed by atoms with Gasteiger partial charge in [-0.05, 0) is 23.8 Å². The van der Waals surface area contributed by atoms with Gasteiger partial charge in [0.15, 0.2) is 0 Å². The quantitative estimate of drug-likeness (QED) is 0.855. The molecular formula is C13H13NO2. The first-order valence-electron chi connectivity index (χ1n) is 5.14. The summed E-state index contributed by atoms with van der Waals surface area (Å²) in [6, 6.07) is 7.90. The molecule has 0 bridgehead atoms. The highest BCUT2D eigenvalue weighted by molar-refractivity contribution is 5.80. The summed E-state index contributed by atoms with van der Waals surface area (Å²) >= 11 is 0. The number of carbonyl (C=O) groups is 1. The van der Waals surface area contributed by atoms with Crippen LogP contribution in [0.25, 0.3) is 17.0 Å². The molecule has 0 unspecified atom stereocenters. The molecule has 0 saturated carbocycles. The van der Waals surface area contributed by atoms with E-state index in [2.05, 4.69) is 5.32 Å². The van der Waals surface area contributed by atoms with E-state index in [1.54, 1.807) is 6.26 Å². The van der Waals surface area contributed by atoms with Gasteiger partial charge >= 0.3 is 0 Å². The topological polar surface area (TPSA) is 42.2 Å². The van der Waals surface area contributed by atoms with Gasteiger partial charge in [0, 0.05) is 18.9 Å². The van der Waals surface area contributed by atoms with Crippen molar-refractivity contribution in [3.8, 4) is 0 Å². The molecule has 1 aromatic carbocycles. The van der Waals surface area contributed by atoms with Crippen LogP contribution in [0, 0.1) is 0 Å². The molecule has 0 atom stereocenters. The molecule has 3 nitrogen and oxygen atoms in total. The Kier molecular flexibility index (Phi) is 3.05. The summed E-state index contributed by atoms with van der Waals surface area (Å²) in [5.41, 5.74) is 1.98. The van der Waals surface area contributed by atoms with E-state index in [0.717, 1.165) is 16.5 Å². The van der Waals surface area contributed by atoms with Crippen LogP contribution < -0.4 is 5.32 Å². The van der Waals surface area contributed by atoms with Gasteiger partial charge in [0.2, 0.25) is 5.91 Å². The van der Waals surface area contributed by atoms with Crippen molar-refractivity contribution in [2.75, 3.05) is 6.54 Å². The van der Waals surface area contributed by atoms with E-state index in [1.165, 1.54) is 6.92 Å². The van der Waals surface area contributed by atoms with Crippen LogP contribution in [0.1, 0.15) is 12.5 Å². The third kappa shape index (κ3) is 2.51. The largest absolute Gasteiger partial charge is 0.464 e. The molecule has 1 heterocycles. The van der Waals surface area contributed by atoms with Crippen LogP contribution in [0.4, 0.5) is 0 Å². The summed E-state index contributed by atoms with van der Waals surface area (Å²) in [6.07, 6.45) is 5.57. The first kappa shape index (κ1) is 10.5. The van der Waals surface area contributed by atoms with E-state index in [0.29, 0.717) is 6.54 Å². The first-order chi connectivity index (χ1) is 7.75. The molecule has 0 saturated heterocycles. The molecule has 0 fully saturated rings. The van der Waals surface area contributed by atoms with Gasteiger partial charge in [-0.15, -0.1) is 0 Å². The van der Waals surface area contributed by atoms with Gasteiger partial charge in [-0.1, -0.05) is 18.2 Å². The van der Waals surface area contributed by atoms with E-state index in [9.17, 15) is 4.79 Å². The predicted octanol–water partition coefficient (Wildman–Crippen LogP) is 2.58. The zero-order valence-electron chi connectivity index (χ0n) is 9.07. The molecule has 16 heavy (non-hydrogen) atoms. The molecule has 82 valence electrons. The van der Waals surface area contributed by atoms with Crippen LogP contribution in [0.5, 0.6) is 0 Å². The van der Waals surface area contributed by atoms with Crippen LogP contribution in [0.3, 0.4) is 0 Å². The number of rotatable bonds is 3. The normalized spacial score (nSPS) is 11.1. The Morgan fingerprint density at radius 1 is 1.44 bits per heavy atom. The molecule has 0 aliphatic carbocycles. The maximum atomic E-state index is 10.6. The third-order valence-electron chi connectivity index (χ3n) is 2.26. The second kappa shape index (κ2) is 4.66. The summed E-state index contributed by atoms with van der Waals surface area (Å²) in [7, 11) is 0. The van der Waals surface area contributed by atoms with Crippen molar-refractivity contribution in [1.29, 1.82) is 0 Å². The highest BCUT2D eigenvalue weighted by Crippen LogP contribution is 2.17. The summed E-state index contributed by atoms with van der Waals surface area (Å²) < 4.78 is 5.25. The third-order valence-corrected chi connectivity index (χ3v) is 2.26. The number of benzene rings is 1. The lowest BCUT2D eigenvalue weighted by Crippen LogP contribution is -2.19. The van der Waals surface area contributed by atoms with Crippen LogP contribution in [-0.2, 0) is 4.79 Å². The van der Waals surface area contributed by atoms with Gasteiger partial charge in [0.05, 0.1) is 6.26 Å². The van der Waals surface area contributed by atoms with Crippen molar-refractivity contribution in [3.05, 3.63) is 42.2 Å². The molecule has 0 aliphatic rings. The molecule has 0 spiro atoms. The second-order valence-corrected chi connectivity index (χ2v) is 3.56. The van der Waals surface area contributed by atoms with E-state index in [4.69, 9.17) is 4.42 Å². The van der Waals surface area contributed by atoms with Gasteiger partial charge in [0.25, 0.3) is 0 Å². The second-order valence-electron chi connectivity index (χ2n) is 3.56. The fourth-order valence-corrected chi connectivity index (χ4v) is 1.49. The Hall–Kier alpha value is -2.03. The molecule has 2 rings (SSSR count). The Labute approximate surface area is 93.8 Å². The number of fused-ring (bicyclic) bond motifs is 1. The van der Waals surface area contributed by atoms with Crippen molar-refractivity contribution < 1.29 is 9.21 Å². The lowest BCUT2D eigenvalue weighted by Gasteiger charge is -1.96. The van der Waals surface area contributed by atoms with Gasteiger partial charge in [-0.3, -0.25) is 4.79 Å². The van der Waals surface area contributed by atoms with Crippen molar-refractivity contribution in [2.24, 2.45) is 0 Å². The zero-order chi connectivity index (χ0) is 11.4. The van der Waals surface area contributed by atoms with Crippen LogP contribution in [-0.4, -0.2) is 12.5 Å². The molecule has 0 radical (unpaired) electrons. The van der Waals surface area contributed by atoms with Crippen molar-refractivity contribution in [2.45, 2.75) is 6.92 Å². The van der Waals surface area contributed by atoms with Gasteiger partial charge in [0.1, 0.15) is 5.58 Å². The van der Waals surface area contributed by atoms with Crippen LogP contribution in [0.2, 0.25) is 0 Å². The van der Waals surface area contributed by atoms with Gasteiger partial charge < -0.3 is 9.73 Å². The maximum Gasteiger partial charge on any atom is 0.217 e. The van der Waals surface area contributed by atoms with Crippen molar-refractivity contribution in [1.82, 2.24) is 5.32 Å². The number of furan rings is 1. The summed E-state index contributed by atoms with van der Waals surface area (Å²) in [5, 5.41) is 3.79. The molecule has 0 aliphatic heterocycles. The van der Waals surface area contributed by atoms with Crippen LogP contribution in [0.15, 0.2) is 41.0 Å². The average molecular weight is 215 g/mol. The highest BCUT2D eigenvalue weighted by atomic mass is 16.3. The number of amides is 1. The average Bonchev–Trinajstić information content (AvgIpc) is 2.71.